The average Bonchev–Trinajstić information content (AvgIpc) is 3.17. The van der Waals surface area contributed by atoms with E-state index in [2.05, 4.69) is 26.2 Å². The molecule has 172 valence electrons. The zero-order chi connectivity index (χ0) is 24.1. The minimum Gasteiger partial charge on any atom is -0.493 e. The molecule has 0 aromatic heterocycles. The van der Waals surface area contributed by atoms with Crippen LogP contribution in [0.1, 0.15) is 21.5 Å². The lowest BCUT2D eigenvalue weighted by Crippen LogP contribution is -2.20. The van der Waals surface area contributed by atoms with Crippen LogP contribution in [0.25, 0.3) is 6.08 Å². The van der Waals surface area contributed by atoms with Gasteiger partial charge in [-0.15, -0.1) is 0 Å². The SMILES string of the molecule is COc1cc(/C=C2\SC(=NC(=O)c3ccc(Cl)cc3)NC2=O)ccc1OCc1ccc(Br)cc1. The van der Waals surface area contributed by atoms with Gasteiger partial charge in [0.25, 0.3) is 11.8 Å². The smallest absolute Gasteiger partial charge is 0.279 e. The number of carbonyl (C=O) groups excluding carboxylic acids is 2. The standard InChI is InChI=1S/C25H18BrClN2O4S/c1-32-21-12-16(4-11-20(21)33-14-15-2-7-18(26)8-3-15)13-22-24(31)29-25(34-22)28-23(30)17-5-9-19(27)10-6-17/h2-13H,14H2,1H3,(H,28,29,30,31)/b22-13-. The van der Waals surface area contributed by atoms with Gasteiger partial charge in [0.2, 0.25) is 0 Å². The van der Waals surface area contributed by atoms with Crippen LogP contribution in [0.3, 0.4) is 0 Å². The van der Waals surface area contributed by atoms with E-state index in [1.807, 2.05) is 30.3 Å². The Bertz CT molecular complexity index is 1290. The van der Waals surface area contributed by atoms with Gasteiger partial charge in [0, 0.05) is 15.1 Å². The molecule has 1 N–H and O–H groups in total. The maximum absolute atomic E-state index is 12.4. The van der Waals surface area contributed by atoms with Gasteiger partial charge in [-0.1, -0.05) is 45.7 Å². The molecule has 3 aromatic rings. The van der Waals surface area contributed by atoms with Crippen molar-refractivity contribution in [3.05, 3.63) is 97.8 Å². The quantitative estimate of drug-likeness (QED) is 0.371. The number of thioether (sulfide) groups is 1. The van der Waals surface area contributed by atoms with Crippen LogP contribution in [-0.4, -0.2) is 24.1 Å². The average molecular weight is 558 g/mol. The minimum atomic E-state index is -0.463. The second-order valence-corrected chi connectivity index (χ2v) is 9.50. The fourth-order valence-corrected chi connectivity index (χ4v) is 4.23. The van der Waals surface area contributed by atoms with E-state index in [-0.39, 0.29) is 11.1 Å². The van der Waals surface area contributed by atoms with Gasteiger partial charge in [0.05, 0.1) is 12.0 Å². The lowest BCUT2D eigenvalue weighted by Gasteiger charge is -2.11. The molecule has 1 heterocycles. The number of amidine groups is 1. The van der Waals surface area contributed by atoms with Gasteiger partial charge in [-0.2, -0.15) is 4.99 Å². The van der Waals surface area contributed by atoms with Crippen LogP contribution in [0.2, 0.25) is 5.02 Å². The number of benzene rings is 3. The molecule has 4 rings (SSSR count). The van der Waals surface area contributed by atoms with Crippen LogP contribution in [-0.2, 0) is 11.4 Å². The summed E-state index contributed by atoms with van der Waals surface area (Å²) in [5.41, 5.74) is 2.15. The summed E-state index contributed by atoms with van der Waals surface area (Å²) >= 11 is 10.4. The molecule has 1 saturated heterocycles. The summed E-state index contributed by atoms with van der Waals surface area (Å²) in [5.74, 6) is 0.338. The van der Waals surface area contributed by atoms with E-state index in [1.54, 1.807) is 49.6 Å². The van der Waals surface area contributed by atoms with Gasteiger partial charge in [0.15, 0.2) is 16.7 Å². The summed E-state index contributed by atoms with van der Waals surface area (Å²) < 4.78 is 12.4. The molecule has 9 heteroatoms. The number of aliphatic imine (C=N–C) groups is 1. The zero-order valence-corrected chi connectivity index (χ0v) is 21.0. The number of carbonyl (C=O) groups is 2. The third-order valence-corrected chi connectivity index (χ3v) is 6.43. The zero-order valence-electron chi connectivity index (χ0n) is 17.9. The molecule has 0 bridgehead atoms. The first kappa shape index (κ1) is 24.1. The van der Waals surface area contributed by atoms with Crippen molar-refractivity contribution in [2.24, 2.45) is 4.99 Å². The van der Waals surface area contributed by atoms with Crippen LogP contribution in [0, 0.1) is 0 Å². The van der Waals surface area contributed by atoms with Crippen LogP contribution < -0.4 is 14.8 Å². The summed E-state index contributed by atoms with van der Waals surface area (Å²) in [5, 5.41) is 3.36. The van der Waals surface area contributed by atoms with E-state index in [9.17, 15) is 9.59 Å². The molecular weight excluding hydrogens is 540 g/mol. The summed E-state index contributed by atoms with van der Waals surface area (Å²) in [6.07, 6.45) is 1.70. The number of ether oxygens (including phenoxy) is 2. The Hall–Kier alpha value is -3.07. The van der Waals surface area contributed by atoms with Gasteiger partial charge >= 0.3 is 0 Å². The number of nitrogens with zero attached hydrogens (tertiary/aromatic N) is 1. The number of rotatable bonds is 6. The highest BCUT2D eigenvalue weighted by atomic mass is 79.9. The predicted molar refractivity (Wildman–Crippen MR) is 138 cm³/mol. The van der Waals surface area contributed by atoms with Crippen molar-refractivity contribution in [1.29, 1.82) is 0 Å². The summed E-state index contributed by atoms with van der Waals surface area (Å²) in [4.78, 5) is 29.1. The maximum atomic E-state index is 12.4. The van der Waals surface area contributed by atoms with E-state index in [0.717, 1.165) is 27.4 Å². The first-order valence-electron chi connectivity index (χ1n) is 10.1. The van der Waals surface area contributed by atoms with Crippen molar-refractivity contribution >= 4 is 62.4 Å². The van der Waals surface area contributed by atoms with Crippen LogP contribution in [0.4, 0.5) is 0 Å². The second-order valence-electron chi connectivity index (χ2n) is 7.12. The molecule has 0 unspecified atom stereocenters. The topological polar surface area (TPSA) is 77.0 Å². The third-order valence-electron chi connectivity index (χ3n) is 4.74. The lowest BCUT2D eigenvalue weighted by atomic mass is 10.2. The monoisotopic (exact) mass is 556 g/mol. The molecular formula is C25H18BrClN2O4S. The van der Waals surface area contributed by atoms with Crippen molar-refractivity contribution in [1.82, 2.24) is 5.32 Å². The second kappa shape index (κ2) is 10.9. The summed E-state index contributed by atoms with van der Waals surface area (Å²) in [6, 6.07) is 19.6. The normalized spacial score (nSPS) is 15.4. The van der Waals surface area contributed by atoms with Crippen molar-refractivity contribution < 1.29 is 19.1 Å². The van der Waals surface area contributed by atoms with Gasteiger partial charge in [-0.05, 0) is 77.5 Å². The summed E-state index contributed by atoms with van der Waals surface area (Å²) in [7, 11) is 1.56. The molecule has 0 radical (unpaired) electrons. The first-order valence-corrected chi connectivity index (χ1v) is 12.0. The van der Waals surface area contributed by atoms with E-state index in [0.29, 0.717) is 33.6 Å². The van der Waals surface area contributed by atoms with Crippen LogP contribution >= 0.6 is 39.3 Å². The molecule has 1 aliphatic heterocycles. The lowest BCUT2D eigenvalue weighted by molar-refractivity contribution is -0.115. The summed E-state index contributed by atoms with van der Waals surface area (Å²) in [6.45, 7) is 0.393. The molecule has 0 atom stereocenters. The maximum Gasteiger partial charge on any atom is 0.279 e. The predicted octanol–water partition coefficient (Wildman–Crippen LogP) is 6.09. The van der Waals surface area contributed by atoms with Gasteiger partial charge in [-0.3, -0.25) is 9.59 Å². The highest BCUT2D eigenvalue weighted by molar-refractivity contribution is 9.10. The van der Waals surface area contributed by atoms with E-state index >= 15 is 0 Å². The van der Waals surface area contributed by atoms with Crippen molar-refractivity contribution in [3.8, 4) is 11.5 Å². The van der Waals surface area contributed by atoms with E-state index in [1.165, 1.54) is 0 Å². The molecule has 1 fully saturated rings. The Kier molecular flexibility index (Phi) is 7.72. The Morgan fingerprint density at radius 1 is 1.09 bits per heavy atom. The van der Waals surface area contributed by atoms with Crippen molar-refractivity contribution in [2.45, 2.75) is 6.61 Å². The van der Waals surface area contributed by atoms with Crippen molar-refractivity contribution in [3.63, 3.8) is 0 Å². The number of amides is 2. The third kappa shape index (κ3) is 6.08. The number of nitrogens with one attached hydrogen (secondary N) is 1. The molecule has 6 nitrogen and oxygen atoms in total. The molecule has 1 aliphatic rings. The molecule has 34 heavy (non-hydrogen) atoms. The molecule has 0 saturated carbocycles. The molecule has 0 aliphatic carbocycles. The largest absolute Gasteiger partial charge is 0.493 e. The Labute approximate surface area is 214 Å². The van der Waals surface area contributed by atoms with Crippen LogP contribution in [0.15, 0.2) is 81.1 Å². The number of hydrogen-bond donors (Lipinski definition) is 1. The van der Waals surface area contributed by atoms with Crippen molar-refractivity contribution in [2.75, 3.05) is 7.11 Å². The number of methoxy groups -OCH3 is 1. The van der Waals surface area contributed by atoms with Crippen LogP contribution in [0.5, 0.6) is 11.5 Å². The fourth-order valence-electron chi connectivity index (χ4n) is 3.02. The Morgan fingerprint density at radius 3 is 2.53 bits per heavy atom. The molecule has 2 amide bonds. The highest BCUT2D eigenvalue weighted by Gasteiger charge is 2.25. The van der Waals surface area contributed by atoms with E-state index in [4.69, 9.17) is 21.1 Å². The Morgan fingerprint density at radius 2 is 1.82 bits per heavy atom. The van der Waals surface area contributed by atoms with Gasteiger partial charge in [-0.25, -0.2) is 0 Å². The number of hydrogen-bond acceptors (Lipinski definition) is 5. The Balaban J connectivity index is 1.46. The first-order chi connectivity index (χ1) is 16.4. The minimum absolute atomic E-state index is 0.220. The fraction of sp³-hybridized carbons (Fsp3) is 0.0800. The molecule has 0 spiro atoms. The highest BCUT2D eigenvalue weighted by Crippen LogP contribution is 2.32. The van der Waals surface area contributed by atoms with E-state index < -0.39 is 5.91 Å². The van der Waals surface area contributed by atoms with Gasteiger partial charge < -0.3 is 14.8 Å². The number of halogens is 2. The molecule has 3 aromatic carbocycles. The van der Waals surface area contributed by atoms with Gasteiger partial charge in [0.1, 0.15) is 6.61 Å².